The van der Waals surface area contributed by atoms with Crippen LogP contribution in [0.15, 0.2) is 72.8 Å². The van der Waals surface area contributed by atoms with Crippen molar-refractivity contribution in [2.75, 3.05) is 68.2 Å². The third-order valence-electron chi connectivity index (χ3n) is 7.47. The first-order valence-electron chi connectivity index (χ1n) is 17.7. The number of anilines is 4. The van der Waals surface area contributed by atoms with E-state index in [2.05, 4.69) is 10.6 Å². The molecule has 6 N–H and O–H groups in total. The van der Waals surface area contributed by atoms with Gasteiger partial charge in [-0.25, -0.2) is 0 Å². The molecule has 0 aromatic heterocycles. The molecule has 326 valence electrons. The molecule has 22 heteroatoms. The van der Waals surface area contributed by atoms with Crippen molar-refractivity contribution in [3.8, 4) is 28.7 Å². The van der Waals surface area contributed by atoms with Gasteiger partial charge in [-0.2, -0.15) is 26.3 Å². The van der Waals surface area contributed by atoms with E-state index in [0.29, 0.717) is 10.8 Å². The molecule has 4 rings (SSSR count). The van der Waals surface area contributed by atoms with Gasteiger partial charge in [0, 0.05) is 17.2 Å². The van der Waals surface area contributed by atoms with E-state index in [9.17, 15) is 35.5 Å². The second kappa shape index (κ2) is 21.8. The minimum absolute atomic E-state index is 0.0987. The number of nitrogens with two attached hydrogens (primary N) is 2. The highest BCUT2D eigenvalue weighted by Gasteiger charge is 2.37. The van der Waals surface area contributed by atoms with Crippen LogP contribution in [0.3, 0.4) is 0 Å². The lowest BCUT2D eigenvalue weighted by Crippen LogP contribution is -2.12. The lowest BCUT2D eigenvalue weighted by Gasteiger charge is -2.20. The van der Waals surface area contributed by atoms with Crippen molar-refractivity contribution in [2.24, 2.45) is 0 Å². The quantitative estimate of drug-likeness (QED) is 0.0398. The fourth-order valence-electron chi connectivity index (χ4n) is 4.92. The fraction of sp³-hybridized carbons (Fsp3) is 0.351. The number of alkyl halides is 6. The number of nitrogen functional groups attached to an aromatic ring is 2. The van der Waals surface area contributed by atoms with Crippen LogP contribution < -0.4 is 36.3 Å². The molecule has 0 heterocycles. The van der Waals surface area contributed by atoms with Crippen LogP contribution >= 0.6 is 26.8 Å². The van der Waals surface area contributed by atoms with Gasteiger partial charge in [0.1, 0.15) is 52.4 Å². The maximum Gasteiger partial charge on any atom is 0.420 e. The number of benzene rings is 4. The van der Waals surface area contributed by atoms with Crippen molar-refractivity contribution in [2.45, 2.75) is 40.0 Å². The van der Waals surface area contributed by atoms with E-state index in [1.54, 1.807) is 39.8 Å². The van der Waals surface area contributed by atoms with Gasteiger partial charge in [0.2, 0.25) is 0 Å². The van der Waals surface area contributed by atoms with E-state index in [1.807, 2.05) is 0 Å². The van der Waals surface area contributed by atoms with Gasteiger partial charge in [-0.3, -0.25) is 9.13 Å². The van der Waals surface area contributed by atoms with Gasteiger partial charge >= 0.3 is 27.5 Å². The van der Waals surface area contributed by atoms with Gasteiger partial charge in [-0.1, -0.05) is 11.6 Å². The Labute approximate surface area is 342 Å². The number of hydrogen-bond donors (Lipinski definition) is 4. The van der Waals surface area contributed by atoms with Gasteiger partial charge in [0.25, 0.3) is 0 Å². The first-order valence-corrected chi connectivity index (χ1v) is 21.5. The summed E-state index contributed by atoms with van der Waals surface area (Å²) in [5, 5.41) is 5.88. The molecule has 0 aliphatic rings. The van der Waals surface area contributed by atoms with Crippen molar-refractivity contribution < 1.29 is 67.8 Å². The molecule has 0 atom stereocenters. The molecular weight excluding hydrogens is 856 g/mol. The molecule has 0 unspecified atom stereocenters. The predicted octanol–water partition coefficient (Wildman–Crippen LogP) is 12.1. The number of ether oxygens (including phenoxy) is 3. The zero-order valence-electron chi connectivity index (χ0n) is 32.5. The topological polar surface area (TPSA) is 175 Å². The molecule has 0 amide bonds. The van der Waals surface area contributed by atoms with Gasteiger partial charge in [0.15, 0.2) is 0 Å². The number of hydrogen-bond acceptors (Lipinski definition) is 13. The smallest absolute Gasteiger partial charge is 0.420 e. The third-order valence-corrected chi connectivity index (χ3v) is 11.4. The monoisotopic (exact) mass is 900 g/mol. The van der Waals surface area contributed by atoms with Gasteiger partial charge < -0.3 is 54.4 Å². The van der Waals surface area contributed by atoms with Crippen LogP contribution in [-0.4, -0.2) is 46.1 Å². The van der Waals surface area contributed by atoms with Gasteiger partial charge in [0.05, 0.1) is 56.3 Å². The average Bonchev–Trinajstić information content (AvgIpc) is 3.16. The Hall–Kier alpha value is -4.35. The summed E-state index contributed by atoms with van der Waals surface area (Å²) >= 11 is 5.79. The lowest BCUT2D eigenvalue weighted by molar-refractivity contribution is -0.139. The third kappa shape index (κ3) is 15.0. The van der Waals surface area contributed by atoms with E-state index < -0.39 is 50.2 Å². The summed E-state index contributed by atoms with van der Waals surface area (Å²) in [6.07, 6.45) is -9.93. The zero-order chi connectivity index (χ0) is 44.0. The van der Waals surface area contributed by atoms with E-state index in [-0.39, 0.29) is 73.2 Å². The van der Waals surface area contributed by atoms with Crippen molar-refractivity contribution in [3.63, 3.8) is 0 Å². The van der Waals surface area contributed by atoms with Crippen molar-refractivity contribution in [1.82, 2.24) is 0 Å². The fourth-order valence-corrected chi connectivity index (χ4v) is 7.86. The van der Waals surface area contributed by atoms with E-state index >= 15 is 0 Å². The van der Waals surface area contributed by atoms with Crippen molar-refractivity contribution in [1.29, 1.82) is 0 Å². The summed E-state index contributed by atoms with van der Waals surface area (Å²) in [5.41, 5.74) is 9.29. The predicted molar refractivity (Wildman–Crippen MR) is 215 cm³/mol. The molecule has 13 nitrogen and oxygen atoms in total. The SMILES string of the molecule is CCOP(=O)(CNc1cc(Oc2ccc(Cl)cc2)c(C(F)(F)F)cc1N)OCC.CCOP(=O)(CNc1cc(Oc2ccc(OC)cc2)c(C(F)(F)F)cc1N)OCC. The Morgan fingerprint density at radius 2 is 0.898 bits per heavy atom. The van der Waals surface area contributed by atoms with Crippen LogP contribution in [0, 0.1) is 0 Å². The first kappa shape index (κ1) is 49.0. The largest absolute Gasteiger partial charge is 0.497 e. The summed E-state index contributed by atoms with van der Waals surface area (Å²) in [5.74, 6) is -0.0805. The Morgan fingerprint density at radius 1 is 0.576 bits per heavy atom. The summed E-state index contributed by atoms with van der Waals surface area (Å²) in [6.45, 7) is 7.18. The second-order valence-corrected chi connectivity index (χ2v) is 16.3. The molecule has 0 saturated carbocycles. The van der Waals surface area contributed by atoms with E-state index in [0.717, 1.165) is 24.3 Å². The van der Waals surface area contributed by atoms with E-state index in [4.69, 9.17) is 55.4 Å². The summed E-state index contributed by atoms with van der Waals surface area (Å²) < 4.78 is 142. The van der Waals surface area contributed by atoms with Crippen molar-refractivity contribution >= 4 is 49.5 Å². The molecule has 59 heavy (non-hydrogen) atoms. The molecule has 0 spiro atoms. The minimum atomic E-state index is -4.69. The molecule has 0 saturated heterocycles. The minimum Gasteiger partial charge on any atom is -0.497 e. The maximum atomic E-state index is 13.5. The highest BCUT2D eigenvalue weighted by atomic mass is 35.5. The molecule has 0 radical (unpaired) electrons. The van der Waals surface area contributed by atoms with Crippen LogP contribution in [0.25, 0.3) is 0 Å². The highest BCUT2D eigenvalue weighted by molar-refractivity contribution is 7.54. The molecule has 0 bridgehead atoms. The molecule has 0 aliphatic heterocycles. The summed E-state index contributed by atoms with van der Waals surface area (Å²) in [7, 11) is -5.49. The van der Waals surface area contributed by atoms with Crippen LogP contribution in [0.4, 0.5) is 49.1 Å². The number of halogens is 7. The Kier molecular flexibility index (Phi) is 18.1. The van der Waals surface area contributed by atoms with Crippen LogP contribution in [0.2, 0.25) is 5.02 Å². The Morgan fingerprint density at radius 3 is 1.20 bits per heavy atom. The molecular formula is C37H45ClF6N4O9P2. The number of nitrogens with one attached hydrogen (secondary N) is 2. The lowest BCUT2D eigenvalue weighted by atomic mass is 10.1. The molecule has 0 aliphatic carbocycles. The normalized spacial score (nSPS) is 12.0. The van der Waals surface area contributed by atoms with Gasteiger partial charge in [-0.15, -0.1) is 0 Å². The maximum absolute atomic E-state index is 13.5. The van der Waals surface area contributed by atoms with Crippen LogP contribution in [0.5, 0.6) is 28.7 Å². The highest BCUT2D eigenvalue weighted by Crippen LogP contribution is 2.50. The summed E-state index contributed by atoms with van der Waals surface area (Å²) in [6, 6.07) is 15.6. The average molecular weight is 901 g/mol. The first-order chi connectivity index (χ1) is 27.7. The van der Waals surface area contributed by atoms with Crippen LogP contribution in [-0.2, 0) is 39.6 Å². The van der Waals surface area contributed by atoms with Crippen LogP contribution in [0.1, 0.15) is 38.8 Å². The number of methoxy groups -OCH3 is 1. The van der Waals surface area contributed by atoms with Gasteiger partial charge in [-0.05, 0) is 88.4 Å². The zero-order valence-corrected chi connectivity index (χ0v) is 35.1. The molecule has 4 aromatic carbocycles. The van der Waals surface area contributed by atoms with Crippen molar-refractivity contribution in [3.05, 3.63) is 88.9 Å². The molecule has 0 fully saturated rings. The summed E-state index contributed by atoms with van der Waals surface area (Å²) in [4.78, 5) is 0. The Bertz CT molecular complexity index is 2040. The van der Waals surface area contributed by atoms with E-state index in [1.165, 1.54) is 43.5 Å². The standard InChI is InChI=1S/C19H24F3N2O5P.C18H21ClF3N2O4P/c1-4-27-30(25,28-5-2)12-24-17-11-18(15(10-16(17)23)19(20,21)22)29-14-8-6-13(26-3)7-9-14;1-3-26-29(25,27-4-2)11-24-16-10-17(14(9-15(16)23)18(20,21)22)28-13-7-5-12(19)6-8-13/h6-11,24H,4-5,12,23H2,1-3H3;5-10,24H,3-4,11,23H2,1-2H3. The number of rotatable bonds is 19. The Balaban J connectivity index is 0.000000316. The molecule has 4 aromatic rings. The second-order valence-electron chi connectivity index (χ2n) is 11.8.